The maximum absolute atomic E-state index is 12.0. The summed E-state index contributed by atoms with van der Waals surface area (Å²) < 4.78 is 10.9. The van der Waals surface area contributed by atoms with E-state index >= 15 is 0 Å². The fourth-order valence-corrected chi connectivity index (χ4v) is 2.22. The van der Waals surface area contributed by atoms with Crippen LogP contribution in [0.1, 0.15) is 41.0 Å². The van der Waals surface area contributed by atoms with Crippen molar-refractivity contribution in [3.05, 3.63) is 0 Å². The first-order chi connectivity index (χ1) is 11.2. The number of ether oxygens (including phenoxy) is 2. The second-order valence-corrected chi connectivity index (χ2v) is 7.52. The number of hydrogen-bond acceptors (Lipinski definition) is 4. The van der Waals surface area contributed by atoms with Crippen LogP contribution in [0.25, 0.3) is 0 Å². The number of carbonyl (C=O) groups is 1. The van der Waals surface area contributed by atoms with Crippen LogP contribution < -0.4 is 5.73 Å². The zero-order valence-electron chi connectivity index (χ0n) is 16.3. The number of hydrogen-bond donors (Lipinski definition) is 1. The molecule has 0 spiro atoms. The molecule has 0 bridgehead atoms. The zero-order chi connectivity index (χ0) is 18.2. The Morgan fingerprint density at radius 2 is 1.72 bits per heavy atom. The quantitative estimate of drug-likeness (QED) is 0.279. The van der Waals surface area contributed by atoms with Crippen molar-refractivity contribution in [1.82, 2.24) is 9.80 Å². The largest absolute Gasteiger partial charge is 0.444 e. The molecule has 1 saturated heterocycles. The Bertz CT molecular complexity index is 417. The van der Waals surface area contributed by atoms with Crippen molar-refractivity contribution in [2.24, 2.45) is 16.6 Å². The minimum Gasteiger partial charge on any atom is -0.444 e. The molecule has 0 atom stereocenters. The molecule has 148 valence electrons. The first-order valence-electron chi connectivity index (χ1n) is 8.79. The summed E-state index contributed by atoms with van der Waals surface area (Å²) in [6, 6.07) is 0. The highest BCUT2D eigenvalue weighted by atomic mass is 127. The van der Waals surface area contributed by atoms with Gasteiger partial charge in [-0.15, -0.1) is 24.0 Å². The van der Waals surface area contributed by atoms with Gasteiger partial charge >= 0.3 is 6.09 Å². The number of guanidine groups is 1. The topological polar surface area (TPSA) is 80.4 Å². The molecule has 7 nitrogen and oxygen atoms in total. The molecule has 0 aromatic rings. The van der Waals surface area contributed by atoms with E-state index in [0.717, 1.165) is 13.0 Å². The number of aliphatic imine (C=N–C) groups is 1. The number of nitrogens with zero attached hydrogens (tertiary/aromatic N) is 3. The van der Waals surface area contributed by atoms with Gasteiger partial charge in [-0.3, -0.25) is 4.99 Å². The summed E-state index contributed by atoms with van der Waals surface area (Å²) in [5, 5.41) is 0. The predicted octanol–water partition coefficient (Wildman–Crippen LogP) is 2.53. The van der Waals surface area contributed by atoms with Crippen LogP contribution in [0, 0.1) is 5.92 Å². The number of nitrogens with two attached hydrogens (primary N) is 1. The molecule has 0 aromatic heterocycles. The minimum absolute atomic E-state index is 0. The van der Waals surface area contributed by atoms with Crippen molar-refractivity contribution in [2.75, 3.05) is 45.9 Å². The van der Waals surface area contributed by atoms with Gasteiger partial charge in [-0.25, -0.2) is 4.79 Å². The van der Waals surface area contributed by atoms with Crippen LogP contribution in [-0.2, 0) is 9.47 Å². The normalized spacial score (nSPS) is 16.0. The lowest BCUT2D eigenvalue weighted by Gasteiger charge is -2.36. The van der Waals surface area contributed by atoms with Gasteiger partial charge in [0.05, 0.1) is 0 Å². The van der Waals surface area contributed by atoms with Gasteiger partial charge in [0.1, 0.15) is 5.60 Å². The van der Waals surface area contributed by atoms with Gasteiger partial charge in [-0.2, -0.15) is 0 Å². The van der Waals surface area contributed by atoms with E-state index in [1.165, 1.54) is 0 Å². The summed E-state index contributed by atoms with van der Waals surface area (Å²) in [6.45, 7) is 14.6. The van der Waals surface area contributed by atoms with Crippen molar-refractivity contribution >= 4 is 36.0 Å². The number of carbonyl (C=O) groups excluding carboxylic acids is 1. The fourth-order valence-electron chi connectivity index (χ4n) is 2.22. The monoisotopic (exact) mass is 470 g/mol. The summed E-state index contributed by atoms with van der Waals surface area (Å²) in [6.07, 6.45) is 0.602. The van der Waals surface area contributed by atoms with Gasteiger partial charge in [0, 0.05) is 45.9 Å². The Hall–Kier alpha value is -0.770. The molecular formula is C17H35IN4O3. The summed E-state index contributed by atoms with van der Waals surface area (Å²) in [4.78, 5) is 20.1. The Morgan fingerprint density at radius 1 is 1.16 bits per heavy atom. The zero-order valence-corrected chi connectivity index (χ0v) is 18.6. The molecule has 1 aliphatic rings. The first kappa shape index (κ1) is 24.2. The third-order valence-electron chi connectivity index (χ3n) is 3.43. The SMILES string of the molecule is CC(C)COCCCN=C(N)N1CCN(C(=O)OC(C)(C)C)CC1.I. The molecular weight excluding hydrogens is 435 g/mol. The minimum atomic E-state index is -0.466. The highest BCUT2D eigenvalue weighted by Gasteiger charge is 2.26. The number of halogens is 1. The van der Waals surface area contributed by atoms with E-state index in [-0.39, 0.29) is 30.1 Å². The number of piperazine rings is 1. The summed E-state index contributed by atoms with van der Waals surface area (Å²) in [5.41, 5.74) is 5.57. The smallest absolute Gasteiger partial charge is 0.410 e. The van der Waals surface area contributed by atoms with E-state index in [1.54, 1.807) is 4.90 Å². The number of amides is 1. The predicted molar refractivity (Wildman–Crippen MR) is 112 cm³/mol. The molecule has 1 rings (SSSR count). The van der Waals surface area contributed by atoms with E-state index in [1.807, 2.05) is 25.7 Å². The molecule has 25 heavy (non-hydrogen) atoms. The summed E-state index contributed by atoms with van der Waals surface area (Å²) in [5.74, 6) is 1.10. The van der Waals surface area contributed by atoms with Gasteiger partial charge in [-0.05, 0) is 33.1 Å². The first-order valence-corrected chi connectivity index (χ1v) is 8.79. The lowest BCUT2D eigenvalue weighted by atomic mass is 10.2. The van der Waals surface area contributed by atoms with Gasteiger partial charge in [0.15, 0.2) is 5.96 Å². The van der Waals surface area contributed by atoms with E-state index in [9.17, 15) is 4.79 Å². The molecule has 0 aliphatic carbocycles. The molecule has 2 N–H and O–H groups in total. The van der Waals surface area contributed by atoms with E-state index < -0.39 is 5.60 Å². The van der Waals surface area contributed by atoms with E-state index in [0.29, 0.717) is 51.2 Å². The van der Waals surface area contributed by atoms with Gasteiger partial charge in [0.2, 0.25) is 0 Å². The van der Waals surface area contributed by atoms with Crippen LogP contribution in [-0.4, -0.2) is 73.4 Å². The average Bonchev–Trinajstić information content (AvgIpc) is 2.48. The number of rotatable bonds is 6. The molecule has 1 amide bonds. The second kappa shape index (κ2) is 11.8. The molecule has 0 aromatic carbocycles. The average molecular weight is 470 g/mol. The van der Waals surface area contributed by atoms with Crippen molar-refractivity contribution in [2.45, 2.75) is 46.6 Å². The van der Waals surface area contributed by atoms with Crippen molar-refractivity contribution < 1.29 is 14.3 Å². The highest BCUT2D eigenvalue weighted by Crippen LogP contribution is 2.11. The molecule has 0 radical (unpaired) electrons. The molecule has 0 unspecified atom stereocenters. The molecule has 1 fully saturated rings. The van der Waals surface area contributed by atoms with Crippen LogP contribution in [0.3, 0.4) is 0 Å². The maximum atomic E-state index is 12.0. The third-order valence-corrected chi connectivity index (χ3v) is 3.43. The van der Waals surface area contributed by atoms with Gasteiger partial charge < -0.3 is 25.0 Å². The Labute approximate surface area is 169 Å². The van der Waals surface area contributed by atoms with Crippen molar-refractivity contribution in [3.8, 4) is 0 Å². The van der Waals surface area contributed by atoms with E-state index in [4.69, 9.17) is 15.2 Å². The maximum Gasteiger partial charge on any atom is 0.410 e. The molecule has 0 saturated carbocycles. The summed E-state index contributed by atoms with van der Waals surface area (Å²) in [7, 11) is 0. The van der Waals surface area contributed by atoms with E-state index in [2.05, 4.69) is 18.8 Å². The van der Waals surface area contributed by atoms with Gasteiger partial charge in [-0.1, -0.05) is 13.8 Å². The lowest BCUT2D eigenvalue weighted by molar-refractivity contribution is 0.0186. The van der Waals surface area contributed by atoms with Gasteiger partial charge in [0.25, 0.3) is 0 Å². The van der Waals surface area contributed by atoms with Crippen molar-refractivity contribution in [1.29, 1.82) is 0 Å². The molecule has 1 heterocycles. The highest BCUT2D eigenvalue weighted by molar-refractivity contribution is 14.0. The summed E-state index contributed by atoms with van der Waals surface area (Å²) >= 11 is 0. The van der Waals surface area contributed by atoms with Crippen LogP contribution in [0.5, 0.6) is 0 Å². The van der Waals surface area contributed by atoms with Crippen LogP contribution in [0.4, 0.5) is 4.79 Å². The van der Waals surface area contributed by atoms with Crippen LogP contribution >= 0.6 is 24.0 Å². The Kier molecular flexibility index (Phi) is 11.4. The van der Waals surface area contributed by atoms with Crippen LogP contribution in [0.2, 0.25) is 0 Å². The molecule has 1 aliphatic heterocycles. The van der Waals surface area contributed by atoms with Crippen LogP contribution in [0.15, 0.2) is 4.99 Å². The lowest BCUT2D eigenvalue weighted by Crippen LogP contribution is -2.53. The Balaban J connectivity index is 0.00000576. The molecule has 8 heteroatoms. The van der Waals surface area contributed by atoms with Crippen molar-refractivity contribution in [3.63, 3.8) is 0 Å². The second-order valence-electron chi connectivity index (χ2n) is 7.52. The Morgan fingerprint density at radius 3 is 2.24 bits per heavy atom. The standard InChI is InChI=1S/C17H34N4O3.HI/c1-14(2)13-23-12-6-7-19-15(18)20-8-10-21(11-9-20)16(22)24-17(3,4)5;/h14H,6-13H2,1-5H3,(H2,18,19);1H. The third kappa shape index (κ3) is 10.7. The fraction of sp³-hybridized carbons (Fsp3) is 0.882.